The molecule has 0 spiro atoms. The second-order valence-electron chi connectivity index (χ2n) is 7.73. The highest BCUT2D eigenvalue weighted by Gasteiger charge is 2.18. The zero-order chi connectivity index (χ0) is 20.3. The van der Waals surface area contributed by atoms with Crippen molar-refractivity contribution in [3.8, 4) is 11.5 Å². The fourth-order valence-electron chi connectivity index (χ4n) is 3.79. The van der Waals surface area contributed by atoms with Crippen LogP contribution in [0, 0.1) is 11.3 Å². The third kappa shape index (κ3) is 7.42. The summed E-state index contributed by atoms with van der Waals surface area (Å²) in [7, 11) is 0. The molecule has 2 aromatic carbocycles. The molecule has 5 heteroatoms. The van der Waals surface area contributed by atoms with Crippen LogP contribution in [0.2, 0.25) is 0 Å². The van der Waals surface area contributed by atoms with E-state index < -0.39 is 0 Å². The molecule has 0 aliphatic carbocycles. The zero-order valence-corrected chi connectivity index (χ0v) is 17.2. The summed E-state index contributed by atoms with van der Waals surface area (Å²) in [6, 6.07) is 17.5. The van der Waals surface area contributed by atoms with E-state index in [9.17, 15) is 0 Å². The maximum absolute atomic E-state index is 7.41. The average molecular weight is 396 g/mol. The number of ether oxygens (including phenoxy) is 2. The van der Waals surface area contributed by atoms with Crippen LogP contribution in [0.4, 0.5) is 0 Å². The molecule has 3 N–H and O–H groups in total. The van der Waals surface area contributed by atoms with Gasteiger partial charge in [0.15, 0.2) is 0 Å². The molecule has 1 saturated heterocycles. The summed E-state index contributed by atoms with van der Waals surface area (Å²) >= 11 is 0. The Morgan fingerprint density at radius 2 is 1.52 bits per heavy atom. The van der Waals surface area contributed by atoms with Gasteiger partial charge in [0.2, 0.25) is 0 Å². The van der Waals surface area contributed by atoms with Crippen LogP contribution >= 0.6 is 0 Å². The van der Waals surface area contributed by atoms with Crippen molar-refractivity contribution in [1.82, 2.24) is 4.90 Å². The van der Waals surface area contributed by atoms with Gasteiger partial charge in [-0.25, -0.2) is 0 Å². The van der Waals surface area contributed by atoms with Crippen LogP contribution < -0.4 is 15.2 Å². The molecule has 1 aliphatic heterocycles. The summed E-state index contributed by atoms with van der Waals surface area (Å²) in [5.41, 5.74) is 6.20. The van der Waals surface area contributed by atoms with Crippen molar-refractivity contribution < 1.29 is 9.47 Å². The predicted molar refractivity (Wildman–Crippen MR) is 118 cm³/mol. The molecule has 29 heavy (non-hydrogen) atoms. The van der Waals surface area contributed by atoms with Gasteiger partial charge in [0.1, 0.15) is 17.3 Å². The van der Waals surface area contributed by atoms with E-state index in [0.29, 0.717) is 0 Å². The highest BCUT2D eigenvalue weighted by atomic mass is 16.5. The van der Waals surface area contributed by atoms with Crippen LogP contribution in [0.1, 0.15) is 37.7 Å². The van der Waals surface area contributed by atoms with Crippen LogP contribution in [-0.4, -0.2) is 43.6 Å². The number of amidine groups is 1. The van der Waals surface area contributed by atoms with Gasteiger partial charge in [-0.1, -0.05) is 18.2 Å². The van der Waals surface area contributed by atoms with Crippen LogP contribution in [0.5, 0.6) is 11.5 Å². The number of benzene rings is 2. The minimum atomic E-state index is 0.0867. The molecule has 1 heterocycles. The first-order chi connectivity index (χ1) is 14.2. The van der Waals surface area contributed by atoms with Crippen LogP contribution in [0.3, 0.4) is 0 Å². The second kappa shape index (κ2) is 11.5. The molecule has 0 unspecified atom stereocenters. The SMILES string of the molecule is N=C(N)c1ccc(OCCCN2CCC(CCCOc3ccccc3)CC2)cc1. The highest BCUT2D eigenvalue weighted by molar-refractivity contribution is 5.94. The Balaban J connectivity index is 1.22. The van der Waals surface area contributed by atoms with Crippen molar-refractivity contribution in [2.45, 2.75) is 32.1 Å². The largest absolute Gasteiger partial charge is 0.494 e. The molecular weight excluding hydrogens is 362 g/mol. The van der Waals surface area contributed by atoms with E-state index in [0.717, 1.165) is 55.6 Å². The zero-order valence-electron chi connectivity index (χ0n) is 17.2. The molecule has 0 saturated carbocycles. The minimum Gasteiger partial charge on any atom is -0.494 e. The molecule has 2 aromatic rings. The van der Waals surface area contributed by atoms with Crippen molar-refractivity contribution >= 4 is 5.84 Å². The Hall–Kier alpha value is -2.53. The Morgan fingerprint density at radius 1 is 0.897 bits per heavy atom. The van der Waals surface area contributed by atoms with E-state index in [2.05, 4.69) is 4.90 Å². The number of hydrogen-bond donors (Lipinski definition) is 2. The van der Waals surface area contributed by atoms with E-state index in [-0.39, 0.29) is 5.84 Å². The maximum atomic E-state index is 7.41. The summed E-state index contributed by atoms with van der Waals surface area (Å²) in [4.78, 5) is 2.55. The Morgan fingerprint density at radius 3 is 2.17 bits per heavy atom. The third-order valence-corrected chi connectivity index (χ3v) is 5.53. The van der Waals surface area contributed by atoms with Crippen molar-refractivity contribution in [3.63, 3.8) is 0 Å². The first-order valence-corrected chi connectivity index (χ1v) is 10.7. The Kier molecular flexibility index (Phi) is 8.38. The first-order valence-electron chi connectivity index (χ1n) is 10.7. The van der Waals surface area contributed by atoms with Crippen molar-refractivity contribution in [3.05, 3.63) is 60.2 Å². The van der Waals surface area contributed by atoms with Gasteiger partial charge in [-0.15, -0.1) is 0 Å². The topological polar surface area (TPSA) is 71.6 Å². The number of hydrogen-bond acceptors (Lipinski definition) is 4. The number of rotatable bonds is 11. The molecule has 0 bridgehead atoms. The van der Waals surface area contributed by atoms with Crippen molar-refractivity contribution in [2.75, 3.05) is 32.8 Å². The van der Waals surface area contributed by atoms with E-state index in [4.69, 9.17) is 20.6 Å². The van der Waals surface area contributed by atoms with Gasteiger partial charge < -0.3 is 20.1 Å². The molecule has 0 amide bonds. The molecule has 5 nitrogen and oxygen atoms in total. The van der Waals surface area contributed by atoms with Crippen molar-refractivity contribution in [2.24, 2.45) is 11.7 Å². The molecule has 0 aromatic heterocycles. The average Bonchev–Trinajstić information content (AvgIpc) is 2.76. The van der Waals surface area contributed by atoms with E-state index in [1.54, 1.807) is 0 Å². The second-order valence-corrected chi connectivity index (χ2v) is 7.73. The smallest absolute Gasteiger partial charge is 0.122 e. The maximum Gasteiger partial charge on any atom is 0.122 e. The van der Waals surface area contributed by atoms with Gasteiger partial charge in [0.25, 0.3) is 0 Å². The predicted octanol–water partition coefficient (Wildman–Crippen LogP) is 4.31. The van der Waals surface area contributed by atoms with Crippen LogP contribution in [0.25, 0.3) is 0 Å². The number of piperidine rings is 1. The number of nitrogen functional groups attached to an aromatic ring is 1. The number of nitrogens with one attached hydrogen (secondary N) is 1. The molecule has 1 aliphatic rings. The third-order valence-electron chi connectivity index (χ3n) is 5.53. The van der Waals surface area contributed by atoms with E-state index >= 15 is 0 Å². The molecule has 1 fully saturated rings. The minimum absolute atomic E-state index is 0.0867. The number of nitrogens with zero attached hydrogens (tertiary/aromatic N) is 1. The highest BCUT2D eigenvalue weighted by Crippen LogP contribution is 2.22. The van der Waals surface area contributed by atoms with Gasteiger partial charge in [-0.2, -0.15) is 0 Å². The van der Waals surface area contributed by atoms with E-state index in [1.807, 2.05) is 54.6 Å². The molecule has 0 atom stereocenters. The Bertz CT molecular complexity index is 726. The summed E-state index contributed by atoms with van der Waals surface area (Å²) < 4.78 is 11.6. The standard InChI is InChI=1S/C24H33N3O2/c25-24(26)21-9-11-23(12-10-21)29-19-5-15-27-16-13-20(14-17-27)6-4-18-28-22-7-2-1-3-8-22/h1-3,7-12,20H,4-6,13-19H2,(H3,25,26). The van der Waals surface area contributed by atoms with Crippen molar-refractivity contribution in [1.29, 1.82) is 5.41 Å². The Labute approximate surface area is 174 Å². The lowest BCUT2D eigenvalue weighted by atomic mass is 9.92. The summed E-state index contributed by atoms with van der Waals surface area (Å²) in [5.74, 6) is 2.73. The monoisotopic (exact) mass is 395 g/mol. The summed E-state index contributed by atoms with van der Waals surface area (Å²) in [6.07, 6.45) is 6.01. The normalized spacial score (nSPS) is 15.2. The quantitative estimate of drug-likeness (QED) is 0.338. The lowest BCUT2D eigenvalue weighted by molar-refractivity contribution is 0.161. The molecule has 0 radical (unpaired) electrons. The van der Waals surface area contributed by atoms with Gasteiger partial charge >= 0.3 is 0 Å². The van der Waals surface area contributed by atoms with Gasteiger partial charge in [0.05, 0.1) is 13.2 Å². The van der Waals surface area contributed by atoms with Gasteiger partial charge in [-0.05, 0) is 87.5 Å². The molecule has 156 valence electrons. The number of para-hydroxylation sites is 1. The van der Waals surface area contributed by atoms with Crippen LogP contribution in [0.15, 0.2) is 54.6 Å². The first kappa shape index (κ1) is 21.2. The summed E-state index contributed by atoms with van der Waals surface area (Å²) in [5, 5.41) is 7.41. The molecule has 3 rings (SSSR count). The van der Waals surface area contributed by atoms with Gasteiger partial charge in [-0.3, -0.25) is 5.41 Å². The number of nitrogens with two attached hydrogens (primary N) is 1. The fraction of sp³-hybridized carbons (Fsp3) is 0.458. The van der Waals surface area contributed by atoms with E-state index in [1.165, 1.54) is 32.4 Å². The lowest BCUT2D eigenvalue weighted by Gasteiger charge is -2.32. The number of likely N-dealkylation sites (tertiary alicyclic amines) is 1. The van der Waals surface area contributed by atoms with Gasteiger partial charge in [0, 0.05) is 12.1 Å². The molecular formula is C24H33N3O2. The van der Waals surface area contributed by atoms with Crippen LogP contribution in [-0.2, 0) is 0 Å². The fourth-order valence-corrected chi connectivity index (χ4v) is 3.79. The lowest BCUT2D eigenvalue weighted by Crippen LogP contribution is -2.35. The summed E-state index contributed by atoms with van der Waals surface area (Å²) in [6.45, 7) is 5.01.